The molecule has 0 radical (unpaired) electrons. The van der Waals surface area contributed by atoms with Crippen molar-refractivity contribution in [3.8, 4) is 0 Å². The molecular formula is C17H23ClN2S. The van der Waals surface area contributed by atoms with E-state index in [0.717, 1.165) is 18.0 Å². The summed E-state index contributed by atoms with van der Waals surface area (Å²) in [7, 11) is 0. The van der Waals surface area contributed by atoms with E-state index < -0.39 is 0 Å². The lowest BCUT2D eigenvalue weighted by Crippen LogP contribution is -2.23. The Morgan fingerprint density at radius 1 is 1.33 bits per heavy atom. The van der Waals surface area contributed by atoms with Crippen LogP contribution in [0.5, 0.6) is 0 Å². The van der Waals surface area contributed by atoms with Gasteiger partial charge in [-0.25, -0.2) is 4.98 Å². The summed E-state index contributed by atoms with van der Waals surface area (Å²) in [5, 5.41) is 7.66. The quantitative estimate of drug-likeness (QED) is 0.839. The predicted molar refractivity (Wildman–Crippen MR) is 92.4 cm³/mol. The minimum atomic E-state index is 0.110. The summed E-state index contributed by atoms with van der Waals surface area (Å²) in [4.78, 5) is 4.80. The molecule has 0 amide bonds. The lowest BCUT2D eigenvalue weighted by atomic mass is 9.93. The Balaban J connectivity index is 2.18. The first-order valence-corrected chi connectivity index (χ1v) is 8.59. The van der Waals surface area contributed by atoms with Gasteiger partial charge in [0.15, 0.2) is 0 Å². The van der Waals surface area contributed by atoms with E-state index in [2.05, 4.69) is 44.5 Å². The average molecular weight is 323 g/mol. The van der Waals surface area contributed by atoms with Crippen LogP contribution in [0, 0.1) is 0 Å². The van der Waals surface area contributed by atoms with E-state index >= 15 is 0 Å². The van der Waals surface area contributed by atoms with Gasteiger partial charge in [-0.2, -0.15) is 0 Å². The summed E-state index contributed by atoms with van der Waals surface area (Å²) < 4.78 is 0. The van der Waals surface area contributed by atoms with Crippen molar-refractivity contribution in [2.75, 3.05) is 6.54 Å². The smallest absolute Gasteiger partial charge is 0.0947 e. The second-order valence-electron chi connectivity index (χ2n) is 6.25. The van der Waals surface area contributed by atoms with Gasteiger partial charge in [0.1, 0.15) is 0 Å². The van der Waals surface area contributed by atoms with Gasteiger partial charge in [-0.05, 0) is 24.2 Å². The first kappa shape index (κ1) is 16.5. The van der Waals surface area contributed by atoms with Crippen LogP contribution in [0.4, 0.5) is 0 Å². The number of rotatable bonds is 5. The van der Waals surface area contributed by atoms with E-state index in [0.29, 0.717) is 0 Å². The zero-order valence-corrected chi connectivity index (χ0v) is 14.7. The Labute approximate surface area is 136 Å². The molecule has 1 aromatic heterocycles. The fourth-order valence-corrected chi connectivity index (χ4v) is 3.47. The molecular weight excluding hydrogens is 300 g/mol. The molecule has 2 rings (SSSR count). The second kappa shape index (κ2) is 6.91. The highest BCUT2D eigenvalue weighted by atomic mass is 35.5. The van der Waals surface area contributed by atoms with Gasteiger partial charge in [-0.15, -0.1) is 11.3 Å². The van der Waals surface area contributed by atoms with Gasteiger partial charge in [0.05, 0.1) is 10.7 Å². The summed E-state index contributed by atoms with van der Waals surface area (Å²) in [6.45, 7) is 9.65. The van der Waals surface area contributed by atoms with Gasteiger partial charge in [0.2, 0.25) is 0 Å². The van der Waals surface area contributed by atoms with Crippen LogP contribution in [0.2, 0.25) is 5.02 Å². The third kappa shape index (κ3) is 4.53. The molecule has 0 fully saturated rings. The monoisotopic (exact) mass is 322 g/mol. The maximum Gasteiger partial charge on any atom is 0.0947 e. The van der Waals surface area contributed by atoms with Gasteiger partial charge in [0, 0.05) is 28.3 Å². The minimum absolute atomic E-state index is 0.110. The van der Waals surface area contributed by atoms with Crippen LogP contribution in [-0.4, -0.2) is 11.5 Å². The van der Waals surface area contributed by atoms with Gasteiger partial charge in [-0.1, -0.05) is 51.4 Å². The maximum absolute atomic E-state index is 6.12. The highest BCUT2D eigenvalue weighted by molar-refractivity contribution is 7.09. The molecule has 0 bridgehead atoms. The van der Waals surface area contributed by atoms with E-state index in [9.17, 15) is 0 Å². The number of likely N-dealkylation sites (N-methyl/N-ethyl adjacent to an activating group) is 1. The zero-order chi connectivity index (χ0) is 15.5. The first-order chi connectivity index (χ1) is 9.90. The van der Waals surface area contributed by atoms with Crippen LogP contribution < -0.4 is 5.32 Å². The summed E-state index contributed by atoms with van der Waals surface area (Å²) in [6.07, 6.45) is 0.898. The molecule has 2 nitrogen and oxygen atoms in total. The maximum atomic E-state index is 6.12. The number of benzene rings is 1. The Bertz CT molecular complexity index is 586. The molecule has 2 aromatic rings. The zero-order valence-electron chi connectivity index (χ0n) is 13.1. The van der Waals surface area contributed by atoms with Crippen LogP contribution in [0.15, 0.2) is 29.6 Å². The number of hydrogen-bond acceptors (Lipinski definition) is 3. The van der Waals surface area contributed by atoms with Crippen LogP contribution in [0.1, 0.15) is 50.0 Å². The van der Waals surface area contributed by atoms with Crippen LogP contribution in [-0.2, 0) is 11.8 Å². The molecule has 1 N–H and O–H groups in total. The lowest BCUT2D eigenvalue weighted by molar-refractivity contribution is 0.540. The van der Waals surface area contributed by atoms with Crippen molar-refractivity contribution < 1.29 is 0 Å². The normalized spacial score (nSPS) is 13.4. The molecule has 1 heterocycles. The largest absolute Gasteiger partial charge is 0.310 e. The number of nitrogens with zero attached hydrogens (tertiary/aromatic N) is 1. The molecule has 0 aliphatic heterocycles. The Hall–Kier alpha value is -0.900. The molecule has 0 saturated carbocycles. The Kier molecular flexibility index (Phi) is 5.42. The standard InChI is InChI=1S/C17H23ClN2S/c1-5-19-14(12-7-6-8-13(18)9-12)10-16-20-15(11-21-16)17(2,3)4/h6-9,11,14,19H,5,10H2,1-4H3. The summed E-state index contributed by atoms with van der Waals surface area (Å²) in [6, 6.07) is 8.33. The molecule has 0 saturated heterocycles. The SMILES string of the molecule is CCNC(Cc1nc(C(C)(C)C)cs1)c1cccc(Cl)c1. The molecule has 1 unspecified atom stereocenters. The number of hydrogen-bond donors (Lipinski definition) is 1. The summed E-state index contributed by atoms with van der Waals surface area (Å²) >= 11 is 7.86. The van der Waals surface area contributed by atoms with E-state index in [1.165, 1.54) is 16.3 Å². The van der Waals surface area contributed by atoms with E-state index in [1.54, 1.807) is 11.3 Å². The minimum Gasteiger partial charge on any atom is -0.310 e. The van der Waals surface area contributed by atoms with Crippen LogP contribution in [0.25, 0.3) is 0 Å². The van der Waals surface area contributed by atoms with Crippen molar-refractivity contribution in [1.29, 1.82) is 0 Å². The van der Waals surface area contributed by atoms with Crippen molar-refractivity contribution >= 4 is 22.9 Å². The Morgan fingerprint density at radius 2 is 2.10 bits per heavy atom. The first-order valence-electron chi connectivity index (χ1n) is 7.34. The molecule has 0 aliphatic carbocycles. The van der Waals surface area contributed by atoms with Gasteiger partial charge >= 0.3 is 0 Å². The molecule has 1 atom stereocenters. The van der Waals surface area contributed by atoms with Gasteiger partial charge < -0.3 is 5.32 Å². The molecule has 0 aliphatic rings. The topological polar surface area (TPSA) is 24.9 Å². The van der Waals surface area contributed by atoms with Crippen molar-refractivity contribution in [3.63, 3.8) is 0 Å². The fraction of sp³-hybridized carbons (Fsp3) is 0.471. The number of thiazole rings is 1. The Morgan fingerprint density at radius 3 is 2.67 bits per heavy atom. The van der Waals surface area contributed by atoms with E-state index in [1.807, 2.05) is 18.2 Å². The van der Waals surface area contributed by atoms with Crippen LogP contribution >= 0.6 is 22.9 Å². The van der Waals surface area contributed by atoms with Gasteiger partial charge in [-0.3, -0.25) is 0 Å². The molecule has 4 heteroatoms. The fourth-order valence-electron chi connectivity index (χ4n) is 2.20. The van der Waals surface area contributed by atoms with Crippen LogP contribution in [0.3, 0.4) is 0 Å². The third-order valence-corrected chi connectivity index (χ3v) is 4.51. The van der Waals surface area contributed by atoms with Gasteiger partial charge in [0.25, 0.3) is 0 Å². The molecule has 1 aromatic carbocycles. The summed E-state index contributed by atoms with van der Waals surface area (Å²) in [5.41, 5.74) is 2.50. The average Bonchev–Trinajstić information content (AvgIpc) is 2.87. The second-order valence-corrected chi connectivity index (χ2v) is 7.62. The van der Waals surface area contributed by atoms with Crippen molar-refractivity contribution in [2.24, 2.45) is 0 Å². The van der Waals surface area contributed by atoms with Crippen molar-refractivity contribution in [3.05, 3.63) is 50.9 Å². The summed E-state index contributed by atoms with van der Waals surface area (Å²) in [5.74, 6) is 0. The highest BCUT2D eigenvalue weighted by Gasteiger charge is 2.19. The lowest BCUT2D eigenvalue weighted by Gasteiger charge is -2.18. The highest BCUT2D eigenvalue weighted by Crippen LogP contribution is 2.27. The molecule has 21 heavy (non-hydrogen) atoms. The number of halogens is 1. The van der Waals surface area contributed by atoms with Crippen molar-refractivity contribution in [2.45, 2.75) is 45.6 Å². The van der Waals surface area contributed by atoms with Crippen molar-refractivity contribution in [1.82, 2.24) is 10.3 Å². The van der Waals surface area contributed by atoms with E-state index in [-0.39, 0.29) is 11.5 Å². The predicted octanol–water partition coefficient (Wildman–Crippen LogP) is 4.99. The molecule has 0 spiro atoms. The number of aromatic nitrogens is 1. The third-order valence-electron chi connectivity index (χ3n) is 3.40. The number of nitrogens with one attached hydrogen (secondary N) is 1. The van der Waals surface area contributed by atoms with E-state index in [4.69, 9.17) is 16.6 Å². The molecule has 114 valence electrons.